The van der Waals surface area contributed by atoms with Crippen LogP contribution >= 0.6 is 0 Å². The van der Waals surface area contributed by atoms with Crippen LogP contribution in [-0.4, -0.2) is 145 Å². The monoisotopic (exact) mass is 967 g/mol. The van der Waals surface area contributed by atoms with Crippen LogP contribution in [0.1, 0.15) is 104 Å². The molecule has 372 valence electrons. The van der Waals surface area contributed by atoms with Crippen molar-refractivity contribution in [1.29, 1.82) is 0 Å². The van der Waals surface area contributed by atoms with Crippen LogP contribution in [0.3, 0.4) is 0 Å². The van der Waals surface area contributed by atoms with Gasteiger partial charge in [-0.2, -0.15) is 0 Å². The van der Waals surface area contributed by atoms with Crippen molar-refractivity contribution in [1.82, 2.24) is 5.32 Å². The van der Waals surface area contributed by atoms with E-state index in [4.69, 9.17) is 34.2 Å². The third-order valence-electron chi connectivity index (χ3n) is 11.1. The van der Waals surface area contributed by atoms with Crippen molar-refractivity contribution in [3.63, 3.8) is 0 Å². The Morgan fingerprint density at radius 2 is 1.15 bits per heavy atom. The van der Waals surface area contributed by atoms with Gasteiger partial charge in [-0.25, -0.2) is 8.42 Å². The number of hydrogen-bond donors (Lipinski definition) is 2. The fourth-order valence-electron chi connectivity index (χ4n) is 7.49. The Hall–Kier alpha value is -3.21. The molecule has 5 unspecified atom stereocenters. The molecule has 1 aromatic rings. The second kappa shape index (κ2) is 32.5. The Morgan fingerprint density at radius 3 is 1.52 bits per heavy atom. The van der Waals surface area contributed by atoms with Gasteiger partial charge < -0.3 is 58.4 Å². The Labute approximate surface area is 413 Å². The van der Waals surface area contributed by atoms with E-state index in [1.165, 1.54) is 24.3 Å². The molecule has 0 saturated carbocycles. The molecule has 2 amide bonds. The third-order valence-corrected chi connectivity index (χ3v) is 11.9. The molecule has 0 fully saturated rings. The molecule has 5 atom stereocenters. The molecule has 0 aromatic heterocycles. The molecular formula is C45H74N3NaO16S. The van der Waals surface area contributed by atoms with E-state index in [9.17, 15) is 42.0 Å². The summed E-state index contributed by atoms with van der Waals surface area (Å²) >= 11 is 0. The van der Waals surface area contributed by atoms with Crippen LogP contribution < -0.4 is 45.7 Å². The fraction of sp³-hybridized carbons (Fsp3) is 0.733. The summed E-state index contributed by atoms with van der Waals surface area (Å²) in [6, 6.07) is 5.39. The average molecular weight is 968 g/mol. The van der Waals surface area contributed by atoms with Crippen LogP contribution in [0.2, 0.25) is 0 Å². The molecule has 0 spiro atoms. The van der Waals surface area contributed by atoms with Crippen LogP contribution in [0.4, 0.5) is 0 Å². The Morgan fingerprint density at radius 1 is 0.712 bits per heavy atom. The molecular weight excluding hydrogens is 894 g/mol. The van der Waals surface area contributed by atoms with Crippen LogP contribution in [-0.2, 0) is 67.3 Å². The first-order chi connectivity index (χ1) is 30.5. The largest absolute Gasteiger partial charge is 1.00 e. The number of amides is 2. The molecule has 1 aromatic carbocycles. The SMILES string of the molecule is CCOC(=O)CCOCC(COCCC(=O)OCC)(COCCC(=O)OCC)NC(=O)C(CC(CC(CC)C(N)=O)C(=O)[O-])CC(CC(C)C[N+](C)(C)CC)c1ccc(S(=O)(=O)[O-])cc1.[Na+]. The second-order valence-corrected chi connectivity index (χ2v) is 18.4. The fourth-order valence-corrected chi connectivity index (χ4v) is 7.96. The van der Waals surface area contributed by atoms with Gasteiger partial charge in [0.2, 0.25) is 11.8 Å². The number of carbonyl (C=O) groups is 6. The minimum absolute atomic E-state index is 0. The molecule has 19 nitrogen and oxygen atoms in total. The minimum atomic E-state index is -4.79. The van der Waals surface area contributed by atoms with Gasteiger partial charge in [0.05, 0.1) is 111 Å². The maximum absolute atomic E-state index is 15.1. The summed E-state index contributed by atoms with van der Waals surface area (Å²) in [4.78, 5) is 76.5. The number of nitrogens with zero attached hydrogens (tertiary/aromatic N) is 1. The van der Waals surface area contributed by atoms with E-state index in [-0.39, 0.29) is 140 Å². The summed E-state index contributed by atoms with van der Waals surface area (Å²) in [5.41, 5.74) is 4.65. The molecule has 0 aliphatic carbocycles. The second-order valence-electron chi connectivity index (χ2n) is 17.0. The molecule has 1 rings (SSSR count). The molecule has 0 aliphatic heterocycles. The molecule has 0 bridgehead atoms. The van der Waals surface area contributed by atoms with Gasteiger partial charge in [0.1, 0.15) is 15.7 Å². The first kappa shape index (κ1) is 62.8. The number of benzene rings is 1. The zero-order valence-electron chi connectivity index (χ0n) is 40.6. The Bertz CT molecular complexity index is 1680. The molecule has 66 heavy (non-hydrogen) atoms. The van der Waals surface area contributed by atoms with Crippen molar-refractivity contribution in [2.45, 2.75) is 109 Å². The van der Waals surface area contributed by atoms with E-state index in [1.54, 1.807) is 27.7 Å². The van der Waals surface area contributed by atoms with Gasteiger partial charge >= 0.3 is 47.5 Å². The van der Waals surface area contributed by atoms with Gasteiger partial charge in [0.25, 0.3) is 0 Å². The van der Waals surface area contributed by atoms with Gasteiger partial charge in [-0.05, 0) is 83.4 Å². The molecule has 3 N–H and O–H groups in total. The van der Waals surface area contributed by atoms with Gasteiger partial charge in [0, 0.05) is 29.6 Å². The summed E-state index contributed by atoms with van der Waals surface area (Å²) in [5.74, 6) is -8.29. The standard InChI is InChI=1S/C45H75N3O16S.Na/c1-9-33(42(46)52)25-37(44(54)55)27-36(26-35(24-32(6)28-48(7,8)10-2)34-14-16-38(17-15-34)65(56,57)58)43(53)47-45(29-59-21-18-39(49)62-11-3,30-60-22-19-40(50)63-12-4)31-61-23-20-41(51)64-13-5;/h14-17,32-33,35-37H,9-13,18-31H2,1-8H3,(H4-,46,47,52,53,54,55,56,57,58);/q;+1/p-1. The number of esters is 3. The third kappa shape index (κ3) is 25.2. The number of quaternary nitrogens is 1. The van der Waals surface area contributed by atoms with Crippen LogP contribution in [0.5, 0.6) is 0 Å². The number of primary amides is 1. The maximum Gasteiger partial charge on any atom is 1.00 e. The molecule has 21 heteroatoms. The van der Waals surface area contributed by atoms with Gasteiger partial charge in [0.15, 0.2) is 0 Å². The zero-order valence-corrected chi connectivity index (χ0v) is 43.4. The maximum atomic E-state index is 15.1. The van der Waals surface area contributed by atoms with Crippen molar-refractivity contribution < 1.29 is 109 Å². The van der Waals surface area contributed by atoms with Crippen molar-refractivity contribution in [3.8, 4) is 0 Å². The minimum Gasteiger partial charge on any atom is -0.744 e. The van der Waals surface area contributed by atoms with Crippen molar-refractivity contribution in [2.75, 3.05) is 86.6 Å². The molecule has 0 heterocycles. The van der Waals surface area contributed by atoms with E-state index >= 15 is 4.79 Å². The number of nitrogens with one attached hydrogen (secondary N) is 1. The van der Waals surface area contributed by atoms with E-state index in [0.717, 1.165) is 6.54 Å². The quantitative estimate of drug-likeness (QED) is 0.0209. The Balaban J connectivity index is 0.0000422. The van der Waals surface area contributed by atoms with Crippen molar-refractivity contribution in [3.05, 3.63) is 29.8 Å². The summed E-state index contributed by atoms with van der Waals surface area (Å²) in [7, 11) is -0.650. The first-order valence-corrected chi connectivity index (χ1v) is 23.9. The predicted molar refractivity (Wildman–Crippen MR) is 234 cm³/mol. The summed E-state index contributed by atoms with van der Waals surface area (Å²) in [6.45, 7) is 11.3. The number of rotatable bonds is 36. The van der Waals surface area contributed by atoms with Crippen molar-refractivity contribution >= 4 is 45.8 Å². The summed E-state index contributed by atoms with van der Waals surface area (Å²) in [6.07, 6.45) is -0.260. The average Bonchev–Trinajstić information content (AvgIpc) is 3.23. The number of carboxylic acids is 1. The molecule has 0 saturated heterocycles. The van der Waals surface area contributed by atoms with Gasteiger partial charge in [-0.1, -0.05) is 26.0 Å². The zero-order chi connectivity index (χ0) is 49.2. The van der Waals surface area contributed by atoms with E-state index in [1.807, 2.05) is 6.92 Å². The van der Waals surface area contributed by atoms with E-state index in [2.05, 4.69) is 26.3 Å². The predicted octanol–water partition coefficient (Wildman–Crippen LogP) is -0.771. The number of ether oxygens (including phenoxy) is 6. The summed E-state index contributed by atoms with van der Waals surface area (Å²) < 4.78 is 69.3. The van der Waals surface area contributed by atoms with Crippen molar-refractivity contribution in [2.24, 2.45) is 29.4 Å². The van der Waals surface area contributed by atoms with Crippen LogP contribution in [0.15, 0.2) is 29.2 Å². The molecule has 0 radical (unpaired) electrons. The Kier molecular flexibility index (Phi) is 30.9. The number of nitrogens with two attached hydrogens (primary N) is 1. The number of aliphatic carboxylic acids is 1. The smallest absolute Gasteiger partial charge is 0.744 e. The summed E-state index contributed by atoms with van der Waals surface area (Å²) in [5, 5.41) is 15.8. The van der Waals surface area contributed by atoms with E-state index in [0.29, 0.717) is 23.0 Å². The van der Waals surface area contributed by atoms with Crippen LogP contribution in [0.25, 0.3) is 0 Å². The van der Waals surface area contributed by atoms with Crippen LogP contribution in [0, 0.1) is 23.7 Å². The molecule has 0 aliphatic rings. The number of hydrogen-bond acceptors (Lipinski definition) is 16. The number of carboxylic acid groups (broad SMARTS) is 1. The first-order valence-electron chi connectivity index (χ1n) is 22.5. The van der Waals surface area contributed by atoms with E-state index < -0.39 is 79.9 Å². The normalized spacial score (nSPS) is 14.1. The van der Waals surface area contributed by atoms with Gasteiger partial charge in [-0.3, -0.25) is 24.0 Å². The topological polar surface area (TPSA) is 276 Å². The van der Waals surface area contributed by atoms with Gasteiger partial charge in [-0.15, -0.1) is 0 Å². The number of carbonyl (C=O) groups excluding carboxylic acids is 6.